The zero-order chi connectivity index (χ0) is 15.9. The molecule has 2 aromatic carbocycles. The molecule has 0 radical (unpaired) electrons. The van der Waals surface area contributed by atoms with E-state index in [-0.39, 0.29) is 47.1 Å². The summed E-state index contributed by atoms with van der Waals surface area (Å²) in [6.45, 7) is 0.198. The maximum atomic E-state index is 11.6. The van der Waals surface area contributed by atoms with E-state index in [4.69, 9.17) is 32.7 Å². The van der Waals surface area contributed by atoms with Crippen molar-refractivity contribution in [3.8, 4) is 11.5 Å². The third kappa shape index (κ3) is 4.83. The molecule has 0 bridgehead atoms. The van der Waals surface area contributed by atoms with Gasteiger partial charge in [0.05, 0.1) is 16.5 Å². The molecule has 1 N–H and O–H groups in total. The number of rotatable bonds is 6. The van der Waals surface area contributed by atoms with Crippen molar-refractivity contribution in [1.82, 2.24) is 0 Å². The maximum Gasteiger partial charge on any atom is 0.310 e. The molecule has 22 heavy (non-hydrogen) atoms. The van der Waals surface area contributed by atoms with Crippen molar-refractivity contribution < 1.29 is 19.4 Å². The van der Waals surface area contributed by atoms with Crippen molar-refractivity contribution >= 4 is 29.2 Å². The average Bonchev–Trinajstić information content (AvgIpc) is 2.46. The Bertz CT molecular complexity index is 621. The third-order valence-electron chi connectivity index (χ3n) is 2.77. The van der Waals surface area contributed by atoms with Crippen LogP contribution >= 0.6 is 23.2 Å². The predicted molar refractivity (Wildman–Crippen MR) is 84.7 cm³/mol. The van der Waals surface area contributed by atoms with Crippen LogP contribution in [0.2, 0.25) is 10.0 Å². The van der Waals surface area contributed by atoms with Crippen molar-refractivity contribution in [2.24, 2.45) is 0 Å². The van der Waals surface area contributed by atoms with Crippen LogP contribution in [0.15, 0.2) is 42.5 Å². The number of hydrogen-bond acceptors (Lipinski definition) is 4. The number of ether oxygens (including phenoxy) is 2. The minimum Gasteiger partial charge on any atom is -0.508 e. The van der Waals surface area contributed by atoms with Crippen LogP contribution in [0.25, 0.3) is 0 Å². The number of hydrogen-bond donors (Lipinski definition) is 1. The zero-order valence-electron chi connectivity index (χ0n) is 11.6. The Hall–Kier alpha value is -1.91. The summed E-state index contributed by atoms with van der Waals surface area (Å²) in [5.41, 5.74) is 0.887. The van der Waals surface area contributed by atoms with Crippen LogP contribution < -0.4 is 4.74 Å². The van der Waals surface area contributed by atoms with Crippen LogP contribution in [0.5, 0.6) is 11.5 Å². The van der Waals surface area contributed by atoms with E-state index < -0.39 is 0 Å². The third-order valence-corrected chi connectivity index (χ3v) is 3.33. The summed E-state index contributed by atoms with van der Waals surface area (Å²) in [6.07, 6.45) is 0.210. The monoisotopic (exact) mass is 340 g/mol. The fourth-order valence-electron chi connectivity index (χ4n) is 1.80. The summed E-state index contributed by atoms with van der Waals surface area (Å²) in [5, 5.41) is 9.70. The number of esters is 1. The molecule has 0 saturated carbocycles. The largest absolute Gasteiger partial charge is 0.508 e. The number of phenols is 1. The van der Waals surface area contributed by atoms with Gasteiger partial charge >= 0.3 is 5.97 Å². The number of carbonyl (C=O) groups is 1. The van der Waals surface area contributed by atoms with E-state index >= 15 is 0 Å². The molecular formula is C16H14Cl2O4. The minimum absolute atomic E-state index is 0.0448. The summed E-state index contributed by atoms with van der Waals surface area (Å²) < 4.78 is 10.4. The average molecular weight is 341 g/mol. The summed E-state index contributed by atoms with van der Waals surface area (Å²) in [4.78, 5) is 11.6. The smallest absolute Gasteiger partial charge is 0.310 e. The van der Waals surface area contributed by atoms with E-state index in [1.54, 1.807) is 0 Å². The van der Waals surface area contributed by atoms with Crippen molar-refractivity contribution in [2.45, 2.75) is 6.42 Å². The molecule has 0 amide bonds. The highest BCUT2D eigenvalue weighted by Gasteiger charge is 2.10. The highest BCUT2D eigenvalue weighted by Crippen LogP contribution is 2.36. The van der Waals surface area contributed by atoms with Gasteiger partial charge in [-0.05, 0) is 5.56 Å². The van der Waals surface area contributed by atoms with Gasteiger partial charge in [-0.15, -0.1) is 0 Å². The molecule has 0 aliphatic carbocycles. The summed E-state index contributed by atoms with van der Waals surface area (Å²) in [7, 11) is 0. The van der Waals surface area contributed by atoms with E-state index in [0.29, 0.717) is 0 Å². The van der Waals surface area contributed by atoms with Gasteiger partial charge in [0.15, 0.2) is 5.75 Å². The Labute approximate surface area is 138 Å². The fourth-order valence-corrected chi connectivity index (χ4v) is 2.38. The first-order valence-electron chi connectivity index (χ1n) is 6.56. The first-order valence-corrected chi connectivity index (χ1v) is 7.32. The fraction of sp³-hybridized carbons (Fsp3) is 0.188. The predicted octanol–water partition coefficient (Wildman–Crippen LogP) is 3.86. The molecule has 116 valence electrons. The van der Waals surface area contributed by atoms with Crippen LogP contribution in [-0.2, 0) is 16.0 Å². The molecule has 0 saturated heterocycles. The van der Waals surface area contributed by atoms with Crippen molar-refractivity contribution in [1.29, 1.82) is 0 Å². The number of aromatic hydroxyl groups is 1. The minimum atomic E-state index is -0.335. The lowest BCUT2D eigenvalue weighted by atomic mass is 10.2. The van der Waals surface area contributed by atoms with Crippen molar-refractivity contribution in [3.63, 3.8) is 0 Å². The Morgan fingerprint density at radius 1 is 1.05 bits per heavy atom. The van der Waals surface area contributed by atoms with Gasteiger partial charge in [-0.25, -0.2) is 0 Å². The molecule has 4 nitrogen and oxygen atoms in total. The molecule has 0 aliphatic heterocycles. The molecule has 0 atom stereocenters. The first-order chi connectivity index (χ1) is 10.6. The number of carbonyl (C=O) groups excluding carboxylic acids is 1. The highest BCUT2D eigenvalue weighted by molar-refractivity contribution is 6.37. The van der Waals surface area contributed by atoms with Gasteiger partial charge in [0, 0.05) is 12.1 Å². The molecule has 0 fully saturated rings. The van der Waals surface area contributed by atoms with Crippen LogP contribution in [-0.4, -0.2) is 24.3 Å². The van der Waals surface area contributed by atoms with E-state index in [0.717, 1.165) is 5.56 Å². The van der Waals surface area contributed by atoms with Gasteiger partial charge in [0.1, 0.15) is 19.0 Å². The van der Waals surface area contributed by atoms with Crippen molar-refractivity contribution in [2.75, 3.05) is 13.2 Å². The SMILES string of the molecule is O=C(Cc1ccccc1)OCCOc1c(Cl)cc(O)cc1Cl. The maximum absolute atomic E-state index is 11.6. The number of phenolic OH excluding ortho intramolecular Hbond substituents is 1. The Morgan fingerprint density at radius 3 is 2.32 bits per heavy atom. The van der Waals surface area contributed by atoms with Crippen molar-refractivity contribution in [3.05, 3.63) is 58.1 Å². The van der Waals surface area contributed by atoms with E-state index in [9.17, 15) is 9.90 Å². The lowest BCUT2D eigenvalue weighted by Gasteiger charge is -2.10. The number of halogens is 2. The molecule has 0 spiro atoms. The quantitative estimate of drug-likeness (QED) is 0.640. The second kappa shape index (κ2) is 7.92. The number of benzene rings is 2. The van der Waals surface area contributed by atoms with Gasteiger partial charge in [-0.1, -0.05) is 53.5 Å². The van der Waals surface area contributed by atoms with Crippen LogP contribution in [0.1, 0.15) is 5.56 Å². The second-order valence-corrected chi connectivity index (χ2v) is 5.28. The normalized spacial score (nSPS) is 10.3. The van der Waals surface area contributed by atoms with Gasteiger partial charge < -0.3 is 14.6 Å². The topological polar surface area (TPSA) is 55.8 Å². The molecular weight excluding hydrogens is 327 g/mol. The van der Waals surface area contributed by atoms with Gasteiger partial charge in [-0.2, -0.15) is 0 Å². The summed E-state index contributed by atoms with van der Waals surface area (Å²) >= 11 is 11.8. The molecule has 6 heteroatoms. The lowest BCUT2D eigenvalue weighted by molar-refractivity contribution is -0.143. The van der Waals surface area contributed by atoms with E-state index in [2.05, 4.69) is 0 Å². The molecule has 0 aromatic heterocycles. The Balaban J connectivity index is 1.77. The van der Waals surface area contributed by atoms with Gasteiger partial charge in [0.25, 0.3) is 0 Å². The summed E-state index contributed by atoms with van der Waals surface area (Å²) in [6, 6.07) is 12.0. The standard InChI is InChI=1S/C16H14Cl2O4/c17-13-9-12(19)10-14(18)16(13)22-7-6-21-15(20)8-11-4-2-1-3-5-11/h1-5,9-10,19H,6-8H2. The molecule has 0 aliphatic rings. The lowest BCUT2D eigenvalue weighted by Crippen LogP contribution is -2.14. The second-order valence-electron chi connectivity index (χ2n) is 4.47. The molecule has 0 unspecified atom stereocenters. The summed E-state index contributed by atoms with van der Waals surface area (Å²) in [5.74, 6) is -0.130. The van der Waals surface area contributed by atoms with Gasteiger partial charge in [-0.3, -0.25) is 4.79 Å². The Kier molecular flexibility index (Phi) is 5.92. The molecule has 2 aromatic rings. The van der Waals surface area contributed by atoms with E-state index in [1.165, 1.54) is 12.1 Å². The van der Waals surface area contributed by atoms with Crippen LogP contribution in [0.4, 0.5) is 0 Å². The molecule has 0 heterocycles. The van der Waals surface area contributed by atoms with Gasteiger partial charge in [0.2, 0.25) is 0 Å². The highest BCUT2D eigenvalue weighted by atomic mass is 35.5. The van der Waals surface area contributed by atoms with E-state index in [1.807, 2.05) is 30.3 Å². The van der Waals surface area contributed by atoms with Crippen LogP contribution in [0, 0.1) is 0 Å². The first kappa shape index (κ1) is 16.5. The van der Waals surface area contributed by atoms with Crippen LogP contribution in [0.3, 0.4) is 0 Å². The Morgan fingerprint density at radius 2 is 1.68 bits per heavy atom. The molecule has 2 rings (SSSR count). The zero-order valence-corrected chi connectivity index (χ0v) is 13.1.